The van der Waals surface area contributed by atoms with Gasteiger partial charge in [-0.15, -0.1) is 0 Å². The third-order valence-electron chi connectivity index (χ3n) is 2.04. The molecule has 0 spiro atoms. The summed E-state index contributed by atoms with van der Waals surface area (Å²) in [7, 11) is 0. The molecule has 9 heavy (non-hydrogen) atoms. The molecule has 0 aromatic rings. The molecule has 0 N–H and O–H groups in total. The molecule has 0 bridgehead atoms. The average molecular weight is 118 g/mol. The first kappa shape index (κ1) is 5.04. The number of fused-ring (bicyclic) bond motifs is 1. The second kappa shape index (κ2) is 1.87. The van der Waals surface area contributed by atoms with Gasteiger partial charge in [-0.05, 0) is 12.8 Å². The second-order valence-electron chi connectivity index (χ2n) is 2.64. The summed E-state index contributed by atoms with van der Waals surface area (Å²) >= 11 is 0. The lowest BCUT2D eigenvalue weighted by molar-refractivity contribution is 0.742. The van der Waals surface area contributed by atoms with Gasteiger partial charge in [-0.1, -0.05) is 36.0 Å². The minimum absolute atomic E-state index is 0.759. The summed E-state index contributed by atoms with van der Waals surface area (Å²) in [5.41, 5.74) is 1.59. The summed E-state index contributed by atoms with van der Waals surface area (Å²) < 4.78 is 0. The van der Waals surface area contributed by atoms with Crippen molar-refractivity contribution in [3.05, 3.63) is 36.0 Å². The van der Waals surface area contributed by atoms with Gasteiger partial charge in [-0.3, -0.25) is 0 Å². The summed E-state index contributed by atoms with van der Waals surface area (Å²) in [6.07, 6.45) is 13.6. The molecule has 2 aliphatic carbocycles. The van der Waals surface area contributed by atoms with Gasteiger partial charge in [-0.25, -0.2) is 0 Å². The van der Waals surface area contributed by atoms with Crippen LogP contribution in [0.4, 0.5) is 0 Å². The van der Waals surface area contributed by atoms with Crippen LogP contribution < -0.4 is 0 Å². The van der Waals surface area contributed by atoms with E-state index in [-0.39, 0.29) is 0 Å². The monoisotopic (exact) mass is 118 g/mol. The van der Waals surface area contributed by atoms with Crippen molar-refractivity contribution in [2.24, 2.45) is 5.92 Å². The van der Waals surface area contributed by atoms with Crippen molar-refractivity contribution < 1.29 is 0 Å². The highest BCUT2D eigenvalue weighted by atomic mass is 14.2. The van der Waals surface area contributed by atoms with Crippen molar-refractivity contribution >= 4 is 0 Å². The standard InChI is InChI=1S/C9H10/c1-2-5-9-7-3-6-8(9)4-1/h1-3,6-8H,4-5H2. The number of hydrogen-bond donors (Lipinski definition) is 0. The molecule has 1 unspecified atom stereocenters. The largest absolute Gasteiger partial charge is 0.0873 e. The van der Waals surface area contributed by atoms with Gasteiger partial charge in [0.2, 0.25) is 0 Å². The minimum Gasteiger partial charge on any atom is -0.0873 e. The van der Waals surface area contributed by atoms with Crippen LogP contribution in [0, 0.1) is 5.92 Å². The topological polar surface area (TPSA) is 0 Å². The Labute approximate surface area is 55.6 Å². The van der Waals surface area contributed by atoms with Gasteiger partial charge in [0, 0.05) is 5.92 Å². The molecule has 0 heteroatoms. The molecule has 0 nitrogen and oxygen atoms in total. The van der Waals surface area contributed by atoms with Crippen molar-refractivity contribution in [3.8, 4) is 0 Å². The molecule has 0 aromatic heterocycles. The maximum absolute atomic E-state index is 2.29. The molecule has 0 aliphatic heterocycles. The van der Waals surface area contributed by atoms with E-state index in [0.29, 0.717) is 0 Å². The van der Waals surface area contributed by atoms with E-state index in [0.717, 1.165) is 5.92 Å². The number of allylic oxidation sites excluding steroid dienone is 6. The van der Waals surface area contributed by atoms with Gasteiger partial charge in [0.15, 0.2) is 0 Å². The molecule has 0 saturated heterocycles. The Morgan fingerprint density at radius 1 is 1.33 bits per heavy atom. The quantitative estimate of drug-likeness (QED) is 0.428. The lowest BCUT2D eigenvalue weighted by Crippen LogP contribution is -1.99. The Hall–Kier alpha value is -0.780. The predicted octanol–water partition coefficient (Wildman–Crippen LogP) is 2.45. The molecule has 46 valence electrons. The molecule has 0 radical (unpaired) electrons. The van der Waals surface area contributed by atoms with Crippen LogP contribution in [0.2, 0.25) is 0 Å². The van der Waals surface area contributed by atoms with Crippen molar-refractivity contribution in [1.82, 2.24) is 0 Å². The van der Waals surface area contributed by atoms with Crippen LogP contribution in [-0.2, 0) is 0 Å². The van der Waals surface area contributed by atoms with Crippen LogP contribution in [0.15, 0.2) is 36.0 Å². The Bertz CT molecular complexity index is 194. The fourth-order valence-corrected chi connectivity index (χ4v) is 1.47. The highest BCUT2D eigenvalue weighted by Gasteiger charge is 2.13. The minimum atomic E-state index is 0.759. The molecular weight excluding hydrogens is 108 g/mol. The third-order valence-corrected chi connectivity index (χ3v) is 2.04. The van der Waals surface area contributed by atoms with Gasteiger partial charge >= 0.3 is 0 Å². The van der Waals surface area contributed by atoms with E-state index < -0.39 is 0 Å². The van der Waals surface area contributed by atoms with Gasteiger partial charge in [-0.2, -0.15) is 0 Å². The van der Waals surface area contributed by atoms with Crippen LogP contribution in [0.25, 0.3) is 0 Å². The van der Waals surface area contributed by atoms with E-state index in [9.17, 15) is 0 Å². The van der Waals surface area contributed by atoms with E-state index in [1.54, 1.807) is 5.57 Å². The van der Waals surface area contributed by atoms with Crippen LogP contribution in [0.1, 0.15) is 12.8 Å². The molecule has 0 aromatic carbocycles. The predicted molar refractivity (Wildman–Crippen MR) is 39.1 cm³/mol. The van der Waals surface area contributed by atoms with E-state index in [1.165, 1.54) is 12.8 Å². The fraction of sp³-hybridized carbons (Fsp3) is 0.333. The maximum Gasteiger partial charge on any atom is 0.00206 e. The van der Waals surface area contributed by atoms with Gasteiger partial charge in [0.25, 0.3) is 0 Å². The first-order valence-electron chi connectivity index (χ1n) is 3.49. The Kier molecular flexibility index (Phi) is 1.05. The molecule has 1 atom stereocenters. The zero-order valence-electron chi connectivity index (χ0n) is 5.38. The zero-order chi connectivity index (χ0) is 6.10. The summed E-state index contributed by atoms with van der Waals surface area (Å²) in [6.45, 7) is 0. The van der Waals surface area contributed by atoms with E-state index in [2.05, 4.69) is 30.4 Å². The van der Waals surface area contributed by atoms with Crippen molar-refractivity contribution in [2.75, 3.05) is 0 Å². The summed E-state index contributed by atoms with van der Waals surface area (Å²) in [5, 5.41) is 0. The molecule has 0 amide bonds. The molecule has 0 fully saturated rings. The molecule has 0 heterocycles. The van der Waals surface area contributed by atoms with Crippen LogP contribution in [0.3, 0.4) is 0 Å². The summed E-state index contributed by atoms with van der Waals surface area (Å²) in [5.74, 6) is 0.759. The SMILES string of the molecule is C1=CC2CC=CCC2=C1. The molecule has 2 rings (SSSR count). The first-order chi connectivity index (χ1) is 4.47. The van der Waals surface area contributed by atoms with Gasteiger partial charge in [0.05, 0.1) is 0 Å². The van der Waals surface area contributed by atoms with Crippen LogP contribution >= 0.6 is 0 Å². The highest BCUT2D eigenvalue weighted by Crippen LogP contribution is 2.29. The maximum atomic E-state index is 2.29. The third kappa shape index (κ3) is 0.748. The van der Waals surface area contributed by atoms with Crippen molar-refractivity contribution in [1.29, 1.82) is 0 Å². The number of rotatable bonds is 0. The van der Waals surface area contributed by atoms with Crippen molar-refractivity contribution in [3.63, 3.8) is 0 Å². The highest BCUT2D eigenvalue weighted by molar-refractivity contribution is 5.31. The lowest BCUT2D eigenvalue weighted by Gasteiger charge is -2.13. The zero-order valence-corrected chi connectivity index (χ0v) is 5.38. The van der Waals surface area contributed by atoms with E-state index in [1.807, 2.05) is 0 Å². The molecule has 0 saturated carbocycles. The summed E-state index contributed by atoms with van der Waals surface area (Å²) in [6, 6.07) is 0. The normalized spacial score (nSPS) is 30.2. The second-order valence-corrected chi connectivity index (χ2v) is 2.64. The van der Waals surface area contributed by atoms with E-state index in [4.69, 9.17) is 0 Å². The number of hydrogen-bond acceptors (Lipinski definition) is 0. The smallest absolute Gasteiger partial charge is 0.00206 e. The van der Waals surface area contributed by atoms with Crippen LogP contribution in [-0.4, -0.2) is 0 Å². The molecular formula is C9H10. The Morgan fingerprint density at radius 3 is 3.22 bits per heavy atom. The fourth-order valence-electron chi connectivity index (χ4n) is 1.47. The van der Waals surface area contributed by atoms with Crippen LogP contribution in [0.5, 0.6) is 0 Å². The van der Waals surface area contributed by atoms with Crippen molar-refractivity contribution in [2.45, 2.75) is 12.8 Å². The average Bonchev–Trinajstić information content (AvgIpc) is 2.33. The lowest BCUT2D eigenvalue weighted by atomic mass is 9.92. The summed E-state index contributed by atoms with van der Waals surface area (Å²) in [4.78, 5) is 0. The van der Waals surface area contributed by atoms with E-state index >= 15 is 0 Å². The Balaban J connectivity index is 2.27. The molecule has 2 aliphatic rings. The van der Waals surface area contributed by atoms with Gasteiger partial charge < -0.3 is 0 Å². The van der Waals surface area contributed by atoms with Gasteiger partial charge in [0.1, 0.15) is 0 Å². The first-order valence-corrected chi connectivity index (χ1v) is 3.49. The Morgan fingerprint density at radius 2 is 2.33 bits per heavy atom.